The lowest BCUT2D eigenvalue weighted by atomic mass is 10.2. The topological polar surface area (TPSA) is 69.2 Å². The number of hydrogen-bond donors (Lipinski definition) is 2. The first kappa shape index (κ1) is 13.4. The van der Waals surface area contributed by atoms with Crippen LogP contribution in [0.4, 0.5) is 5.82 Å². The summed E-state index contributed by atoms with van der Waals surface area (Å²) in [6, 6.07) is 6.55. The predicted molar refractivity (Wildman–Crippen MR) is 81.3 cm³/mol. The molecule has 108 valence electrons. The molecule has 3 rings (SSSR count). The molecule has 1 saturated heterocycles. The van der Waals surface area contributed by atoms with Crippen LogP contribution in [0.15, 0.2) is 18.2 Å². The Morgan fingerprint density at radius 2 is 1.85 bits per heavy atom. The fraction of sp³-hybridized carbons (Fsp3) is 0.600. The molecule has 2 fully saturated rings. The van der Waals surface area contributed by atoms with Crippen molar-refractivity contribution in [2.45, 2.75) is 31.7 Å². The largest absolute Gasteiger partial charge is 0.382 e. The fourth-order valence-electron chi connectivity index (χ4n) is 3.33. The molecule has 2 heterocycles. The molecule has 0 amide bonds. The third-order valence-electron chi connectivity index (χ3n) is 4.49. The van der Waals surface area contributed by atoms with Gasteiger partial charge in [-0.25, -0.2) is 4.98 Å². The van der Waals surface area contributed by atoms with Gasteiger partial charge < -0.3 is 10.6 Å². The van der Waals surface area contributed by atoms with Gasteiger partial charge in [0.25, 0.3) is 0 Å². The van der Waals surface area contributed by atoms with Crippen LogP contribution in [-0.4, -0.2) is 47.9 Å². The Morgan fingerprint density at radius 1 is 1.15 bits per heavy atom. The van der Waals surface area contributed by atoms with E-state index in [1.807, 2.05) is 12.1 Å². The van der Waals surface area contributed by atoms with E-state index >= 15 is 0 Å². The van der Waals surface area contributed by atoms with E-state index < -0.39 is 0 Å². The molecule has 0 radical (unpaired) electrons. The molecule has 1 aliphatic heterocycles. The number of piperazine rings is 1. The Hall–Kier alpha value is -1.62. The number of rotatable bonds is 3. The molecule has 5 heteroatoms. The fourth-order valence-corrected chi connectivity index (χ4v) is 3.33. The number of aromatic nitrogens is 1. The lowest BCUT2D eigenvalue weighted by Gasteiger charge is -2.38. The summed E-state index contributed by atoms with van der Waals surface area (Å²) in [5, 5.41) is 7.48. The van der Waals surface area contributed by atoms with Gasteiger partial charge in [0.15, 0.2) is 0 Å². The molecule has 1 aromatic rings. The number of nitrogens with one attached hydrogen (secondary N) is 1. The maximum atomic E-state index is 7.48. The average Bonchev–Trinajstić information content (AvgIpc) is 3.02. The molecule has 1 aromatic heterocycles. The van der Waals surface area contributed by atoms with Crippen LogP contribution >= 0.6 is 0 Å². The third-order valence-corrected chi connectivity index (χ3v) is 4.49. The summed E-state index contributed by atoms with van der Waals surface area (Å²) in [4.78, 5) is 9.42. The summed E-state index contributed by atoms with van der Waals surface area (Å²) in [7, 11) is 0. The highest BCUT2D eigenvalue weighted by Crippen LogP contribution is 2.25. The number of nitrogens with zero attached hydrogens (tertiary/aromatic N) is 3. The van der Waals surface area contributed by atoms with Crippen LogP contribution in [0.2, 0.25) is 0 Å². The number of nitrogen functional groups attached to an aromatic ring is 1. The number of nitrogens with two attached hydrogens (primary N) is 1. The molecule has 0 aromatic carbocycles. The molecule has 0 atom stereocenters. The van der Waals surface area contributed by atoms with Gasteiger partial charge in [-0.3, -0.25) is 10.3 Å². The van der Waals surface area contributed by atoms with Gasteiger partial charge in [-0.1, -0.05) is 18.9 Å². The van der Waals surface area contributed by atoms with E-state index in [-0.39, 0.29) is 5.84 Å². The van der Waals surface area contributed by atoms with E-state index in [2.05, 4.69) is 14.8 Å². The van der Waals surface area contributed by atoms with Crippen LogP contribution < -0.4 is 10.6 Å². The van der Waals surface area contributed by atoms with Crippen molar-refractivity contribution in [3.8, 4) is 0 Å². The Labute approximate surface area is 120 Å². The Bertz CT molecular complexity index is 473. The number of amidine groups is 1. The number of pyridine rings is 1. The Kier molecular flexibility index (Phi) is 3.87. The minimum Gasteiger partial charge on any atom is -0.382 e. The Balaban J connectivity index is 1.62. The van der Waals surface area contributed by atoms with Crippen LogP contribution in [0.1, 0.15) is 31.4 Å². The van der Waals surface area contributed by atoms with Crippen molar-refractivity contribution in [3.63, 3.8) is 0 Å². The van der Waals surface area contributed by atoms with Gasteiger partial charge in [-0.2, -0.15) is 0 Å². The molecular weight excluding hydrogens is 250 g/mol. The van der Waals surface area contributed by atoms with Gasteiger partial charge in [0.2, 0.25) is 0 Å². The van der Waals surface area contributed by atoms with Crippen LogP contribution in [0.25, 0.3) is 0 Å². The zero-order valence-electron chi connectivity index (χ0n) is 11.9. The highest BCUT2D eigenvalue weighted by Gasteiger charge is 2.26. The van der Waals surface area contributed by atoms with E-state index in [0.717, 1.165) is 38.0 Å². The van der Waals surface area contributed by atoms with Gasteiger partial charge in [-0.15, -0.1) is 0 Å². The standard InChI is InChI=1S/C15H23N5/c16-15(17)13-6-3-7-14(18-13)20-10-8-19(9-11-20)12-4-1-2-5-12/h3,6-7,12H,1-2,4-5,8-11H2,(H3,16,17). The summed E-state index contributed by atoms with van der Waals surface area (Å²) < 4.78 is 0. The van der Waals surface area contributed by atoms with Crippen molar-refractivity contribution in [2.75, 3.05) is 31.1 Å². The summed E-state index contributed by atoms with van der Waals surface area (Å²) in [5.74, 6) is 0.986. The van der Waals surface area contributed by atoms with Gasteiger partial charge in [0.05, 0.1) is 0 Å². The van der Waals surface area contributed by atoms with E-state index in [1.165, 1.54) is 25.7 Å². The predicted octanol–water partition coefficient (Wildman–Crippen LogP) is 1.43. The van der Waals surface area contributed by atoms with Gasteiger partial charge in [0, 0.05) is 32.2 Å². The molecule has 1 aliphatic carbocycles. The van der Waals surface area contributed by atoms with Crippen LogP contribution in [0, 0.1) is 5.41 Å². The first-order chi connectivity index (χ1) is 9.74. The van der Waals surface area contributed by atoms with E-state index in [9.17, 15) is 0 Å². The quantitative estimate of drug-likeness (QED) is 0.646. The normalized spacial score (nSPS) is 21.3. The van der Waals surface area contributed by atoms with E-state index in [1.54, 1.807) is 6.07 Å². The van der Waals surface area contributed by atoms with Gasteiger partial charge >= 0.3 is 0 Å². The maximum Gasteiger partial charge on any atom is 0.141 e. The van der Waals surface area contributed by atoms with E-state index in [0.29, 0.717) is 5.69 Å². The van der Waals surface area contributed by atoms with Gasteiger partial charge in [-0.05, 0) is 25.0 Å². The highest BCUT2D eigenvalue weighted by atomic mass is 15.3. The second-order valence-electron chi connectivity index (χ2n) is 5.76. The monoisotopic (exact) mass is 273 g/mol. The molecule has 0 bridgehead atoms. The second-order valence-corrected chi connectivity index (χ2v) is 5.76. The SMILES string of the molecule is N=C(N)c1cccc(N2CCN(C3CCCC3)CC2)n1. The molecule has 5 nitrogen and oxygen atoms in total. The zero-order valence-corrected chi connectivity index (χ0v) is 11.9. The summed E-state index contributed by atoms with van der Waals surface area (Å²) >= 11 is 0. The minimum atomic E-state index is 0.0384. The van der Waals surface area contributed by atoms with E-state index in [4.69, 9.17) is 11.1 Å². The van der Waals surface area contributed by atoms with Gasteiger partial charge in [0.1, 0.15) is 17.3 Å². The molecule has 3 N–H and O–H groups in total. The summed E-state index contributed by atoms with van der Waals surface area (Å²) in [6.45, 7) is 4.28. The van der Waals surface area contributed by atoms with Crippen LogP contribution in [-0.2, 0) is 0 Å². The smallest absolute Gasteiger partial charge is 0.141 e. The molecular formula is C15H23N5. The van der Waals surface area contributed by atoms with Crippen molar-refractivity contribution >= 4 is 11.7 Å². The Morgan fingerprint density at radius 3 is 2.50 bits per heavy atom. The van der Waals surface area contributed by atoms with Crippen LogP contribution in [0.5, 0.6) is 0 Å². The molecule has 20 heavy (non-hydrogen) atoms. The maximum absolute atomic E-state index is 7.48. The van der Waals surface area contributed by atoms with Crippen molar-refractivity contribution in [1.29, 1.82) is 5.41 Å². The molecule has 0 unspecified atom stereocenters. The summed E-state index contributed by atoms with van der Waals surface area (Å²) in [6.07, 6.45) is 5.54. The number of hydrogen-bond acceptors (Lipinski definition) is 4. The molecule has 0 spiro atoms. The van der Waals surface area contributed by atoms with Crippen molar-refractivity contribution in [1.82, 2.24) is 9.88 Å². The highest BCUT2D eigenvalue weighted by molar-refractivity contribution is 5.93. The van der Waals surface area contributed by atoms with Crippen molar-refractivity contribution < 1.29 is 0 Å². The van der Waals surface area contributed by atoms with Crippen molar-refractivity contribution in [2.24, 2.45) is 5.73 Å². The third kappa shape index (κ3) is 2.77. The molecule has 1 saturated carbocycles. The first-order valence-corrected chi connectivity index (χ1v) is 7.54. The lowest BCUT2D eigenvalue weighted by Crippen LogP contribution is -2.50. The second kappa shape index (κ2) is 5.79. The van der Waals surface area contributed by atoms with Crippen molar-refractivity contribution in [3.05, 3.63) is 23.9 Å². The molecule has 2 aliphatic rings. The number of anilines is 1. The average molecular weight is 273 g/mol. The lowest BCUT2D eigenvalue weighted by molar-refractivity contribution is 0.187. The zero-order chi connectivity index (χ0) is 13.9. The summed E-state index contributed by atoms with van der Waals surface area (Å²) in [5.41, 5.74) is 6.08. The minimum absolute atomic E-state index is 0.0384. The van der Waals surface area contributed by atoms with Crippen LogP contribution in [0.3, 0.4) is 0 Å². The first-order valence-electron chi connectivity index (χ1n) is 7.54.